The average molecular weight is 461 g/mol. The molecule has 1 heterocycles. The summed E-state index contributed by atoms with van der Waals surface area (Å²) >= 11 is 6.65. The number of ether oxygens (including phenoxy) is 2. The van der Waals surface area contributed by atoms with Gasteiger partial charge in [0.05, 0.1) is 28.1 Å². The van der Waals surface area contributed by atoms with Gasteiger partial charge in [-0.2, -0.15) is 0 Å². The second kappa shape index (κ2) is 7.90. The zero-order chi connectivity index (χ0) is 23.3. The molecular formula is C26H17ClO6. The van der Waals surface area contributed by atoms with E-state index in [2.05, 4.69) is 0 Å². The first-order chi connectivity index (χ1) is 15.9. The minimum atomic E-state index is -0.641. The number of carbonyl (C=O) groups excluding carboxylic acids is 3. The number of ketones is 2. The number of hydrogen-bond acceptors (Lipinski definition) is 6. The lowest BCUT2D eigenvalue weighted by Crippen LogP contribution is -2.22. The maximum Gasteiger partial charge on any atom is 0.342 e. The van der Waals surface area contributed by atoms with Gasteiger partial charge in [0, 0.05) is 11.1 Å². The summed E-state index contributed by atoms with van der Waals surface area (Å²) in [6, 6.07) is 15.3. The predicted molar refractivity (Wildman–Crippen MR) is 122 cm³/mol. The molecule has 6 nitrogen and oxygen atoms in total. The predicted octanol–water partition coefficient (Wildman–Crippen LogP) is 6.14. The highest BCUT2D eigenvalue weighted by Gasteiger charge is 2.39. The Kier molecular flexibility index (Phi) is 5.02. The smallest absolute Gasteiger partial charge is 0.342 e. The lowest BCUT2D eigenvalue weighted by Gasteiger charge is -2.22. The summed E-state index contributed by atoms with van der Waals surface area (Å²) < 4.78 is 17.2. The summed E-state index contributed by atoms with van der Waals surface area (Å²) in [7, 11) is 0. The zero-order valence-electron chi connectivity index (χ0n) is 17.7. The summed E-state index contributed by atoms with van der Waals surface area (Å²) in [6.45, 7) is 3.42. The number of aryl methyl sites for hydroxylation is 1. The molecule has 1 aliphatic carbocycles. The Hall–Kier alpha value is -3.90. The van der Waals surface area contributed by atoms with Crippen LogP contribution in [-0.4, -0.2) is 24.1 Å². The van der Waals surface area contributed by atoms with Gasteiger partial charge in [-0.1, -0.05) is 54.1 Å². The molecular weight excluding hydrogens is 444 g/mol. The van der Waals surface area contributed by atoms with Crippen LogP contribution in [0, 0.1) is 6.92 Å². The van der Waals surface area contributed by atoms with E-state index >= 15 is 0 Å². The van der Waals surface area contributed by atoms with Crippen molar-refractivity contribution in [2.45, 2.75) is 13.8 Å². The summed E-state index contributed by atoms with van der Waals surface area (Å²) in [4.78, 5) is 39.9. The molecule has 0 N–H and O–H groups in total. The quantitative estimate of drug-likeness (QED) is 0.299. The summed E-state index contributed by atoms with van der Waals surface area (Å²) in [5, 5.41) is 0.144. The zero-order valence-corrected chi connectivity index (χ0v) is 18.5. The van der Waals surface area contributed by atoms with Gasteiger partial charge in [-0.05, 0) is 26.0 Å². The third kappa shape index (κ3) is 3.14. The molecule has 0 amide bonds. The monoisotopic (exact) mass is 460 g/mol. The fourth-order valence-corrected chi connectivity index (χ4v) is 4.43. The van der Waals surface area contributed by atoms with E-state index in [1.165, 1.54) is 0 Å². The Morgan fingerprint density at radius 3 is 2.18 bits per heavy atom. The molecule has 0 fully saturated rings. The van der Waals surface area contributed by atoms with Crippen molar-refractivity contribution in [1.82, 2.24) is 0 Å². The van der Waals surface area contributed by atoms with Crippen molar-refractivity contribution in [3.8, 4) is 11.5 Å². The SMILES string of the molecule is CCOC(=O)c1c(C)oc2c(Cl)c3c(c(Oc4ccccc4)c12)C(=O)c1ccccc1C3=O. The van der Waals surface area contributed by atoms with Crippen molar-refractivity contribution in [3.63, 3.8) is 0 Å². The molecule has 0 aliphatic heterocycles. The van der Waals surface area contributed by atoms with Crippen LogP contribution >= 0.6 is 11.6 Å². The van der Waals surface area contributed by atoms with Gasteiger partial charge in [0.1, 0.15) is 17.1 Å². The first-order valence-electron chi connectivity index (χ1n) is 10.3. The van der Waals surface area contributed by atoms with E-state index in [1.54, 1.807) is 62.4 Å². The van der Waals surface area contributed by atoms with Gasteiger partial charge >= 0.3 is 5.97 Å². The molecule has 1 aromatic heterocycles. The number of furan rings is 1. The van der Waals surface area contributed by atoms with E-state index in [1.807, 2.05) is 6.07 Å². The lowest BCUT2D eigenvalue weighted by atomic mass is 9.82. The van der Waals surface area contributed by atoms with E-state index < -0.39 is 17.5 Å². The highest BCUT2D eigenvalue weighted by molar-refractivity contribution is 6.44. The highest BCUT2D eigenvalue weighted by atomic mass is 35.5. The summed E-state index contributed by atoms with van der Waals surface area (Å²) in [5.41, 5.74) is 0.649. The fourth-order valence-electron chi connectivity index (χ4n) is 4.11. The molecule has 164 valence electrons. The van der Waals surface area contributed by atoms with Crippen LogP contribution in [0.25, 0.3) is 11.0 Å². The van der Waals surface area contributed by atoms with E-state index in [-0.39, 0.29) is 61.9 Å². The molecule has 0 bridgehead atoms. The van der Waals surface area contributed by atoms with E-state index in [9.17, 15) is 14.4 Å². The van der Waals surface area contributed by atoms with Crippen LogP contribution in [0.1, 0.15) is 54.9 Å². The number of para-hydroxylation sites is 1. The number of halogens is 1. The molecule has 0 unspecified atom stereocenters. The third-order valence-electron chi connectivity index (χ3n) is 5.52. The molecule has 0 saturated carbocycles. The molecule has 0 saturated heterocycles. The standard InChI is InChI=1S/C26H17ClO6/c1-3-31-26(30)17-13(2)32-25-20(17)24(33-14-9-5-4-6-10-14)19-18(21(25)27)22(28)15-11-7-8-12-16(15)23(19)29/h4-12H,3H2,1-2H3. The molecule has 1 aliphatic rings. The maximum atomic E-state index is 13.6. The van der Waals surface area contributed by atoms with Gasteiger partial charge in [-0.25, -0.2) is 4.79 Å². The van der Waals surface area contributed by atoms with Gasteiger partial charge in [0.25, 0.3) is 0 Å². The van der Waals surface area contributed by atoms with Crippen LogP contribution in [0.15, 0.2) is 59.0 Å². The Morgan fingerprint density at radius 2 is 1.55 bits per heavy atom. The van der Waals surface area contributed by atoms with Gasteiger partial charge in [-0.15, -0.1) is 0 Å². The average Bonchev–Trinajstić information content (AvgIpc) is 3.17. The minimum Gasteiger partial charge on any atom is -0.462 e. The summed E-state index contributed by atoms with van der Waals surface area (Å²) in [5.74, 6) is -0.805. The van der Waals surface area contributed by atoms with Crippen molar-refractivity contribution in [3.05, 3.63) is 93.2 Å². The first kappa shape index (κ1) is 21.0. The van der Waals surface area contributed by atoms with E-state index in [4.69, 9.17) is 25.5 Å². The second-order valence-electron chi connectivity index (χ2n) is 7.47. The fraction of sp³-hybridized carbons (Fsp3) is 0.115. The van der Waals surface area contributed by atoms with Gasteiger partial charge in [0.2, 0.25) is 0 Å². The molecule has 33 heavy (non-hydrogen) atoms. The van der Waals surface area contributed by atoms with Crippen molar-refractivity contribution in [2.24, 2.45) is 0 Å². The Morgan fingerprint density at radius 1 is 0.939 bits per heavy atom. The van der Waals surface area contributed by atoms with Crippen LogP contribution in [0.2, 0.25) is 5.02 Å². The van der Waals surface area contributed by atoms with Gasteiger partial charge < -0.3 is 13.9 Å². The number of benzene rings is 3. The van der Waals surface area contributed by atoms with Crippen LogP contribution in [0.5, 0.6) is 11.5 Å². The van der Waals surface area contributed by atoms with Crippen molar-refractivity contribution >= 4 is 40.1 Å². The molecule has 3 aromatic carbocycles. The van der Waals surface area contributed by atoms with Crippen LogP contribution in [-0.2, 0) is 4.74 Å². The van der Waals surface area contributed by atoms with Crippen molar-refractivity contribution in [2.75, 3.05) is 6.61 Å². The Bertz CT molecular complexity index is 1470. The minimum absolute atomic E-state index is 0.00796. The van der Waals surface area contributed by atoms with E-state index in [0.29, 0.717) is 5.75 Å². The number of hydrogen-bond donors (Lipinski definition) is 0. The number of esters is 1. The molecule has 5 rings (SSSR count). The Balaban J connectivity index is 1.91. The molecule has 7 heteroatoms. The number of rotatable bonds is 4. The second-order valence-corrected chi connectivity index (χ2v) is 7.85. The van der Waals surface area contributed by atoms with Gasteiger partial charge in [-0.3, -0.25) is 9.59 Å². The maximum absolute atomic E-state index is 13.6. The van der Waals surface area contributed by atoms with Crippen molar-refractivity contribution in [1.29, 1.82) is 0 Å². The van der Waals surface area contributed by atoms with Crippen LogP contribution in [0.4, 0.5) is 0 Å². The van der Waals surface area contributed by atoms with Crippen molar-refractivity contribution < 1.29 is 28.3 Å². The largest absolute Gasteiger partial charge is 0.462 e. The number of carbonyl (C=O) groups is 3. The normalized spacial score (nSPS) is 12.5. The third-order valence-corrected chi connectivity index (χ3v) is 5.88. The van der Waals surface area contributed by atoms with Gasteiger partial charge in [0.15, 0.2) is 22.9 Å². The topological polar surface area (TPSA) is 82.8 Å². The molecule has 0 spiro atoms. The number of fused-ring (bicyclic) bond motifs is 3. The van der Waals surface area contributed by atoms with Crippen LogP contribution < -0.4 is 4.74 Å². The lowest BCUT2D eigenvalue weighted by molar-refractivity contribution is 0.0526. The molecule has 0 radical (unpaired) electrons. The highest BCUT2D eigenvalue weighted by Crippen LogP contribution is 2.48. The Labute approximate surface area is 193 Å². The van der Waals surface area contributed by atoms with E-state index in [0.717, 1.165) is 0 Å². The molecule has 4 aromatic rings. The first-order valence-corrected chi connectivity index (χ1v) is 10.7. The summed E-state index contributed by atoms with van der Waals surface area (Å²) in [6.07, 6.45) is 0. The molecule has 0 atom stereocenters. The van der Waals surface area contributed by atoms with Crippen LogP contribution in [0.3, 0.4) is 0 Å².